The van der Waals surface area contributed by atoms with Gasteiger partial charge in [-0.3, -0.25) is 4.79 Å². The Morgan fingerprint density at radius 1 is 1.03 bits per heavy atom. The Kier molecular flexibility index (Phi) is 5.82. The van der Waals surface area contributed by atoms with Crippen LogP contribution in [0.25, 0.3) is 22.0 Å². The van der Waals surface area contributed by atoms with Crippen molar-refractivity contribution in [3.63, 3.8) is 0 Å². The van der Waals surface area contributed by atoms with Gasteiger partial charge in [-0.2, -0.15) is 0 Å². The van der Waals surface area contributed by atoms with Crippen molar-refractivity contribution in [1.29, 1.82) is 0 Å². The van der Waals surface area contributed by atoms with Gasteiger partial charge in [0, 0.05) is 0 Å². The molecule has 4 aromatic rings. The van der Waals surface area contributed by atoms with E-state index in [2.05, 4.69) is 9.97 Å². The number of halogens is 1. The predicted octanol–water partition coefficient (Wildman–Crippen LogP) is 5.25. The third-order valence-corrected chi connectivity index (χ3v) is 4.85. The summed E-state index contributed by atoms with van der Waals surface area (Å²) in [7, 11) is 1.59. The average molecular weight is 419 g/mol. The maximum absolute atomic E-state index is 12.3. The fourth-order valence-electron chi connectivity index (χ4n) is 3.05. The predicted molar refractivity (Wildman–Crippen MR) is 120 cm³/mol. The molecule has 0 aliphatic carbocycles. The number of methoxy groups -OCH3 is 1. The molecule has 0 saturated carbocycles. The van der Waals surface area contributed by atoms with Crippen molar-refractivity contribution < 1.29 is 9.47 Å². The van der Waals surface area contributed by atoms with Crippen molar-refractivity contribution in [2.75, 3.05) is 7.11 Å². The topological polar surface area (TPSA) is 64.2 Å². The summed E-state index contributed by atoms with van der Waals surface area (Å²) in [5.41, 5.74) is 2.20. The zero-order valence-electron chi connectivity index (χ0n) is 16.3. The molecule has 0 bridgehead atoms. The molecule has 6 heteroatoms. The number of hydrogen-bond acceptors (Lipinski definition) is 4. The maximum atomic E-state index is 12.3. The van der Waals surface area contributed by atoms with Crippen molar-refractivity contribution in [3.05, 3.63) is 100 Å². The quantitative estimate of drug-likeness (QED) is 0.464. The highest BCUT2D eigenvalue weighted by Gasteiger charge is 2.09. The fraction of sp³-hybridized carbons (Fsp3) is 0.0833. The van der Waals surface area contributed by atoms with Gasteiger partial charge in [-0.15, -0.1) is 0 Å². The molecule has 0 aliphatic rings. The van der Waals surface area contributed by atoms with Gasteiger partial charge in [-0.1, -0.05) is 60.1 Å². The highest BCUT2D eigenvalue weighted by atomic mass is 35.5. The van der Waals surface area contributed by atoms with E-state index in [0.29, 0.717) is 39.9 Å². The number of benzene rings is 3. The Labute approximate surface area is 178 Å². The monoisotopic (exact) mass is 418 g/mol. The van der Waals surface area contributed by atoms with Gasteiger partial charge in [-0.25, -0.2) is 4.98 Å². The number of rotatable bonds is 6. The van der Waals surface area contributed by atoms with Gasteiger partial charge >= 0.3 is 0 Å². The zero-order valence-corrected chi connectivity index (χ0v) is 17.0. The fourth-order valence-corrected chi connectivity index (χ4v) is 3.26. The second kappa shape index (κ2) is 8.84. The average Bonchev–Trinajstić information content (AvgIpc) is 2.78. The number of nitrogens with zero attached hydrogens (tertiary/aromatic N) is 1. The Morgan fingerprint density at radius 3 is 2.60 bits per heavy atom. The number of fused-ring (bicyclic) bond motifs is 1. The number of nitrogens with one attached hydrogen (secondary N) is 1. The SMILES string of the molecule is COc1ccc(/C=C(\Cl)c2nc3ccccc3c(=O)[nH]2)cc1OCc1ccccc1. The molecule has 0 aliphatic heterocycles. The summed E-state index contributed by atoms with van der Waals surface area (Å²) in [5.74, 6) is 1.53. The summed E-state index contributed by atoms with van der Waals surface area (Å²) in [6.45, 7) is 0.414. The molecule has 30 heavy (non-hydrogen) atoms. The van der Waals surface area contributed by atoms with Crippen LogP contribution in [0.5, 0.6) is 11.5 Å². The van der Waals surface area contributed by atoms with Crippen LogP contribution in [0.2, 0.25) is 0 Å². The van der Waals surface area contributed by atoms with Gasteiger partial charge in [0.1, 0.15) is 6.61 Å². The zero-order chi connectivity index (χ0) is 20.9. The minimum Gasteiger partial charge on any atom is -0.493 e. The Morgan fingerprint density at radius 2 is 1.80 bits per heavy atom. The summed E-state index contributed by atoms with van der Waals surface area (Å²) in [4.78, 5) is 19.5. The molecule has 0 amide bonds. The molecule has 0 radical (unpaired) electrons. The van der Waals surface area contributed by atoms with Gasteiger partial charge < -0.3 is 14.5 Å². The largest absolute Gasteiger partial charge is 0.493 e. The summed E-state index contributed by atoms with van der Waals surface area (Å²) in [5, 5.41) is 0.837. The lowest BCUT2D eigenvalue weighted by Gasteiger charge is -2.12. The number of aromatic amines is 1. The van der Waals surface area contributed by atoms with Crippen LogP contribution in [0.3, 0.4) is 0 Å². The first-order chi connectivity index (χ1) is 14.6. The molecule has 0 fully saturated rings. The molecule has 4 rings (SSSR count). The van der Waals surface area contributed by atoms with Gasteiger partial charge in [0.2, 0.25) is 0 Å². The molecule has 0 unspecified atom stereocenters. The lowest BCUT2D eigenvalue weighted by atomic mass is 10.1. The highest BCUT2D eigenvalue weighted by molar-refractivity contribution is 6.50. The number of para-hydroxylation sites is 1. The van der Waals surface area contributed by atoms with Crippen LogP contribution >= 0.6 is 11.6 Å². The normalized spacial score (nSPS) is 11.5. The molecule has 0 atom stereocenters. The van der Waals surface area contributed by atoms with Crippen molar-refractivity contribution in [2.24, 2.45) is 0 Å². The number of hydrogen-bond donors (Lipinski definition) is 1. The smallest absolute Gasteiger partial charge is 0.259 e. The Hall–Kier alpha value is -3.57. The lowest BCUT2D eigenvalue weighted by Crippen LogP contribution is -2.10. The number of aromatic nitrogens is 2. The van der Waals surface area contributed by atoms with Crippen molar-refractivity contribution in [1.82, 2.24) is 9.97 Å². The second-order valence-corrected chi connectivity index (χ2v) is 7.02. The van der Waals surface area contributed by atoms with Crippen LogP contribution < -0.4 is 15.0 Å². The molecule has 150 valence electrons. The minimum atomic E-state index is -0.233. The van der Waals surface area contributed by atoms with Crippen LogP contribution in [0.4, 0.5) is 0 Å². The van der Waals surface area contributed by atoms with E-state index in [1.54, 1.807) is 31.4 Å². The molecule has 1 heterocycles. The van der Waals surface area contributed by atoms with Crippen LogP contribution in [0.1, 0.15) is 17.0 Å². The van der Waals surface area contributed by atoms with E-state index in [4.69, 9.17) is 21.1 Å². The summed E-state index contributed by atoms with van der Waals surface area (Å²) in [6, 6.07) is 22.5. The summed E-state index contributed by atoms with van der Waals surface area (Å²) >= 11 is 6.47. The van der Waals surface area contributed by atoms with E-state index < -0.39 is 0 Å². The molecular weight excluding hydrogens is 400 g/mol. The molecule has 1 aromatic heterocycles. The first-order valence-electron chi connectivity index (χ1n) is 9.35. The van der Waals surface area contributed by atoms with E-state index in [1.165, 1.54) is 0 Å². The van der Waals surface area contributed by atoms with Crippen LogP contribution in [0, 0.1) is 0 Å². The van der Waals surface area contributed by atoms with Crippen molar-refractivity contribution in [3.8, 4) is 11.5 Å². The van der Waals surface area contributed by atoms with Crippen LogP contribution in [-0.4, -0.2) is 17.1 Å². The molecular formula is C24H19ClN2O3. The van der Waals surface area contributed by atoms with Crippen molar-refractivity contribution >= 4 is 33.6 Å². The van der Waals surface area contributed by atoms with E-state index in [-0.39, 0.29) is 5.56 Å². The Bertz CT molecular complexity index is 1270. The van der Waals surface area contributed by atoms with E-state index >= 15 is 0 Å². The van der Waals surface area contributed by atoms with Gasteiger partial charge in [0.05, 0.1) is 23.0 Å². The first kappa shape index (κ1) is 19.7. The van der Waals surface area contributed by atoms with Crippen molar-refractivity contribution in [2.45, 2.75) is 6.61 Å². The van der Waals surface area contributed by atoms with E-state index in [9.17, 15) is 4.79 Å². The molecule has 1 N–H and O–H groups in total. The highest BCUT2D eigenvalue weighted by Crippen LogP contribution is 2.31. The molecule has 5 nitrogen and oxygen atoms in total. The minimum absolute atomic E-state index is 0.233. The first-order valence-corrected chi connectivity index (χ1v) is 9.73. The molecule has 0 spiro atoms. The Balaban J connectivity index is 1.63. The van der Waals surface area contributed by atoms with Crippen LogP contribution in [0.15, 0.2) is 77.6 Å². The molecule has 3 aromatic carbocycles. The van der Waals surface area contributed by atoms with E-state index in [1.807, 2.05) is 54.6 Å². The lowest BCUT2D eigenvalue weighted by molar-refractivity contribution is 0.284. The van der Waals surface area contributed by atoms with Gasteiger partial charge in [0.25, 0.3) is 5.56 Å². The second-order valence-electron chi connectivity index (χ2n) is 6.61. The maximum Gasteiger partial charge on any atom is 0.259 e. The third-order valence-electron chi connectivity index (χ3n) is 4.56. The number of H-pyrrole nitrogens is 1. The van der Waals surface area contributed by atoms with Gasteiger partial charge in [0.15, 0.2) is 17.3 Å². The summed E-state index contributed by atoms with van der Waals surface area (Å²) < 4.78 is 11.4. The van der Waals surface area contributed by atoms with E-state index in [0.717, 1.165) is 11.1 Å². The van der Waals surface area contributed by atoms with Gasteiger partial charge in [-0.05, 0) is 41.5 Å². The third kappa shape index (κ3) is 4.36. The standard InChI is InChI=1S/C24H19ClN2O3/c1-29-21-12-11-17(14-22(21)30-15-16-7-3-2-4-8-16)13-19(25)23-26-20-10-6-5-9-18(20)24(28)27-23/h2-14H,15H2,1H3,(H,26,27,28)/b19-13-. The number of ether oxygens (including phenoxy) is 2. The molecule has 0 saturated heterocycles. The summed E-state index contributed by atoms with van der Waals surface area (Å²) in [6.07, 6.45) is 1.73. The van der Waals surface area contributed by atoms with Crippen LogP contribution in [-0.2, 0) is 6.61 Å².